The van der Waals surface area contributed by atoms with Gasteiger partial charge in [0.1, 0.15) is 5.76 Å². The third-order valence-electron chi connectivity index (χ3n) is 5.38. The molecule has 28 heavy (non-hydrogen) atoms. The van der Waals surface area contributed by atoms with Gasteiger partial charge in [0.15, 0.2) is 5.96 Å². The smallest absolute Gasteiger partial charge is 0.191 e. The summed E-state index contributed by atoms with van der Waals surface area (Å²) in [4.78, 5) is 7.43. The van der Waals surface area contributed by atoms with Crippen molar-refractivity contribution in [3.05, 3.63) is 52.9 Å². The largest absolute Gasteiger partial charge is 0.361 e. The normalized spacial score (nSPS) is 17.8. The fourth-order valence-electron chi connectivity index (χ4n) is 3.83. The van der Waals surface area contributed by atoms with E-state index >= 15 is 0 Å². The molecule has 1 fully saturated rings. The van der Waals surface area contributed by atoms with Crippen LogP contribution in [0.25, 0.3) is 0 Å². The minimum atomic E-state index is 0.512. The molecule has 1 unspecified atom stereocenters. The summed E-state index contributed by atoms with van der Waals surface area (Å²) in [6.45, 7) is 10.7. The topological polar surface area (TPSA) is 65.7 Å². The molecule has 1 aliphatic heterocycles. The van der Waals surface area contributed by atoms with Gasteiger partial charge in [-0.3, -0.25) is 9.89 Å². The number of rotatable bonds is 8. The molecule has 2 N–H and O–H groups in total. The van der Waals surface area contributed by atoms with Crippen molar-refractivity contribution in [1.29, 1.82) is 0 Å². The molecule has 0 aliphatic carbocycles. The van der Waals surface area contributed by atoms with E-state index in [2.05, 4.69) is 57.9 Å². The predicted molar refractivity (Wildman–Crippen MR) is 114 cm³/mol. The standard InChI is InChI=1S/C22H33N5O/c1-4-23-22(24-13-12-21-17(2)26-28-18(21)3)25-15-20-11-8-14-27(20)16-19-9-6-5-7-10-19/h5-7,9-10,20H,4,8,11-16H2,1-3H3,(H2,23,24,25). The van der Waals surface area contributed by atoms with Gasteiger partial charge in [-0.25, -0.2) is 0 Å². The number of nitrogens with one attached hydrogen (secondary N) is 2. The predicted octanol–water partition coefficient (Wildman–Crippen LogP) is 3.05. The second-order valence-corrected chi connectivity index (χ2v) is 7.45. The molecule has 0 spiro atoms. The van der Waals surface area contributed by atoms with Gasteiger partial charge < -0.3 is 15.2 Å². The molecule has 2 aromatic rings. The third-order valence-corrected chi connectivity index (χ3v) is 5.38. The van der Waals surface area contributed by atoms with Crippen molar-refractivity contribution in [3.8, 4) is 0 Å². The maximum atomic E-state index is 5.25. The molecule has 3 rings (SSSR count). The van der Waals surface area contributed by atoms with Crippen LogP contribution in [0.5, 0.6) is 0 Å². The highest BCUT2D eigenvalue weighted by molar-refractivity contribution is 5.79. The summed E-state index contributed by atoms with van der Waals surface area (Å²) in [5, 5.41) is 10.8. The maximum Gasteiger partial charge on any atom is 0.191 e. The Morgan fingerprint density at radius 3 is 2.79 bits per heavy atom. The molecule has 1 atom stereocenters. The fraction of sp³-hybridized carbons (Fsp3) is 0.545. The summed E-state index contributed by atoms with van der Waals surface area (Å²) in [5.74, 6) is 1.80. The lowest BCUT2D eigenvalue weighted by atomic mass is 10.1. The van der Waals surface area contributed by atoms with Crippen molar-refractivity contribution in [2.24, 2.45) is 4.99 Å². The van der Waals surface area contributed by atoms with Gasteiger partial charge >= 0.3 is 0 Å². The van der Waals surface area contributed by atoms with Crippen LogP contribution in [0.4, 0.5) is 0 Å². The second kappa shape index (κ2) is 10.3. The number of aliphatic imine (C=N–C) groups is 1. The van der Waals surface area contributed by atoms with Gasteiger partial charge in [0, 0.05) is 31.2 Å². The number of guanidine groups is 1. The molecule has 152 valence electrons. The van der Waals surface area contributed by atoms with Crippen LogP contribution >= 0.6 is 0 Å². The van der Waals surface area contributed by atoms with Gasteiger partial charge in [-0.1, -0.05) is 35.5 Å². The van der Waals surface area contributed by atoms with Crippen LogP contribution in [0.15, 0.2) is 39.8 Å². The molecular weight excluding hydrogens is 350 g/mol. The van der Waals surface area contributed by atoms with Crippen molar-refractivity contribution in [3.63, 3.8) is 0 Å². The summed E-state index contributed by atoms with van der Waals surface area (Å²) >= 11 is 0. The first-order valence-electron chi connectivity index (χ1n) is 10.4. The first-order valence-corrected chi connectivity index (χ1v) is 10.4. The molecule has 0 saturated carbocycles. The van der Waals surface area contributed by atoms with E-state index < -0.39 is 0 Å². The Bertz CT molecular complexity index is 736. The summed E-state index contributed by atoms with van der Waals surface area (Å²) in [6.07, 6.45) is 3.35. The number of hydrogen-bond donors (Lipinski definition) is 2. The Balaban J connectivity index is 1.52. The zero-order valence-electron chi connectivity index (χ0n) is 17.4. The van der Waals surface area contributed by atoms with Crippen LogP contribution in [-0.4, -0.2) is 48.2 Å². The Hall–Kier alpha value is -2.34. The number of nitrogens with zero attached hydrogens (tertiary/aromatic N) is 3. The van der Waals surface area contributed by atoms with Gasteiger partial charge in [-0.05, 0) is 52.1 Å². The van der Waals surface area contributed by atoms with Gasteiger partial charge in [-0.15, -0.1) is 0 Å². The molecule has 1 aromatic carbocycles. The first-order chi connectivity index (χ1) is 13.7. The maximum absolute atomic E-state index is 5.25. The van der Waals surface area contributed by atoms with E-state index in [1.54, 1.807) is 0 Å². The van der Waals surface area contributed by atoms with Crippen molar-refractivity contribution >= 4 is 5.96 Å². The van der Waals surface area contributed by atoms with Gasteiger partial charge in [0.2, 0.25) is 0 Å². The number of aryl methyl sites for hydroxylation is 2. The summed E-state index contributed by atoms with van der Waals surface area (Å²) in [6, 6.07) is 11.2. The van der Waals surface area contributed by atoms with Crippen molar-refractivity contribution in [1.82, 2.24) is 20.7 Å². The molecule has 1 aromatic heterocycles. The van der Waals surface area contributed by atoms with Crippen LogP contribution in [0.3, 0.4) is 0 Å². The molecule has 0 bridgehead atoms. The Morgan fingerprint density at radius 1 is 1.25 bits per heavy atom. The zero-order valence-corrected chi connectivity index (χ0v) is 17.4. The lowest BCUT2D eigenvalue weighted by Gasteiger charge is -2.23. The van der Waals surface area contributed by atoms with E-state index in [-0.39, 0.29) is 0 Å². The Kier molecular flexibility index (Phi) is 7.48. The second-order valence-electron chi connectivity index (χ2n) is 7.45. The van der Waals surface area contributed by atoms with Crippen molar-refractivity contribution < 1.29 is 4.52 Å². The monoisotopic (exact) mass is 383 g/mol. The van der Waals surface area contributed by atoms with Gasteiger partial charge in [0.05, 0.1) is 12.2 Å². The molecule has 2 heterocycles. The highest BCUT2D eigenvalue weighted by Gasteiger charge is 2.24. The van der Waals surface area contributed by atoms with Crippen LogP contribution in [0.2, 0.25) is 0 Å². The zero-order chi connectivity index (χ0) is 19.8. The Morgan fingerprint density at radius 2 is 2.07 bits per heavy atom. The molecule has 1 aliphatic rings. The minimum absolute atomic E-state index is 0.512. The average molecular weight is 384 g/mol. The first kappa shape index (κ1) is 20.4. The number of aromatic nitrogens is 1. The average Bonchev–Trinajstić information content (AvgIpc) is 3.27. The highest BCUT2D eigenvalue weighted by atomic mass is 16.5. The van der Waals surface area contributed by atoms with Crippen molar-refractivity contribution in [2.45, 2.75) is 52.6 Å². The lowest BCUT2D eigenvalue weighted by Crippen LogP contribution is -2.40. The number of likely N-dealkylation sites (tertiary alicyclic amines) is 1. The van der Waals surface area contributed by atoms with Crippen LogP contribution < -0.4 is 10.6 Å². The molecule has 0 radical (unpaired) electrons. The van der Waals surface area contributed by atoms with E-state index in [0.717, 1.165) is 56.6 Å². The fourth-order valence-corrected chi connectivity index (χ4v) is 3.83. The van der Waals surface area contributed by atoms with Crippen LogP contribution in [0.1, 0.15) is 42.3 Å². The van der Waals surface area contributed by atoms with E-state index in [1.807, 2.05) is 13.8 Å². The number of hydrogen-bond acceptors (Lipinski definition) is 4. The van der Waals surface area contributed by atoms with E-state index in [1.165, 1.54) is 24.0 Å². The van der Waals surface area contributed by atoms with Crippen LogP contribution in [-0.2, 0) is 13.0 Å². The molecule has 6 nitrogen and oxygen atoms in total. The van der Waals surface area contributed by atoms with E-state index in [0.29, 0.717) is 6.04 Å². The summed E-state index contributed by atoms with van der Waals surface area (Å²) < 4.78 is 5.25. The van der Waals surface area contributed by atoms with Gasteiger partial charge in [0.25, 0.3) is 0 Å². The molecule has 6 heteroatoms. The minimum Gasteiger partial charge on any atom is -0.361 e. The van der Waals surface area contributed by atoms with E-state index in [4.69, 9.17) is 9.52 Å². The summed E-state index contributed by atoms with van der Waals surface area (Å²) in [5.41, 5.74) is 3.54. The third kappa shape index (κ3) is 5.58. The van der Waals surface area contributed by atoms with Crippen LogP contribution in [0, 0.1) is 13.8 Å². The molecule has 0 amide bonds. The summed E-state index contributed by atoms with van der Waals surface area (Å²) in [7, 11) is 0. The van der Waals surface area contributed by atoms with E-state index in [9.17, 15) is 0 Å². The Labute approximate surface area is 168 Å². The SMILES string of the molecule is CCNC(=NCC1CCCN1Cc1ccccc1)NCCc1c(C)noc1C. The van der Waals surface area contributed by atoms with Crippen molar-refractivity contribution in [2.75, 3.05) is 26.2 Å². The quantitative estimate of drug-likeness (QED) is 0.542. The molecule has 1 saturated heterocycles. The highest BCUT2D eigenvalue weighted by Crippen LogP contribution is 2.20. The number of benzene rings is 1. The lowest BCUT2D eigenvalue weighted by molar-refractivity contribution is 0.250. The van der Waals surface area contributed by atoms with Gasteiger partial charge in [-0.2, -0.15) is 0 Å². The molecular formula is C22H33N5O.